The van der Waals surface area contributed by atoms with E-state index in [9.17, 15) is 13.2 Å². The highest BCUT2D eigenvalue weighted by atomic mass is 19.4. The predicted octanol–water partition coefficient (Wildman–Crippen LogP) is 2.97. The lowest BCUT2D eigenvalue weighted by Gasteiger charge is -2.20. The molecule has 3 rings (SSSR count). The zero-order valence-corrected chi connectivity index (χ0v) is 11.9. The Kier molecular flexibility index (Phi) is 3.56. The molecule has 0 unspecified atom stereocenters. The number of ether oxygens (including phenoxy) is 1. The van der Waals surface area contributed by atoms with Gasteiger partial charge in [0.1, 0.15) is 11.6 Å². The smallest absolute Gasteiger partial charge is 0.405 e. The van der Waals surface area contributed by atoms with E-state index in [4.69, 9.17) is 0 Å². The topological polar surface area (TPSA) is 62.8 Å². The van der Waals surface area contributed by atoms with Crippen molar-refractivity contribution in [2.24, 2.45) is 0 Å². The highest BCUT2D eigenvalue weighted by Crippen LogP contribution is 2.34. The van der Waals surface area contributed by atoms with Crippen LogP contribution >= 0.6 is 0 Å². The fourth-order valence-corrected chi connectivity index (χ4v) is 2.59. The van der Waals surface area contributed by atoms with Gasteiger partial charge in [0.25, 0.3) is 0 Å². The van der Waals surface area contributed by atoms with Gasteiger partial charge in [-0.05, 0) is 38.4 Å². The van der Waals surface area contributed by atoms with Gasteiger partial charge >= 0.3 is 6.36 Å². The van der Waals surface area contributed by atoms with E-state index in [1.807, 2.05) is 6.92 Å². The standard InChI is InChI=1S/C14H15F3N4O/c1-13(7-4-8-18-13)12-19-11(20-21-12)9-5-2-3-6-10(9)22-14(15,16)17/h2-3,5-6,18H,4,7-8H2,1H3,(H,19,20,21)/t13-/m0/s1. The van der Waals surface area contributed by atoms with Crippen LogP contribution in [0.4, 0.5) is 13.2 Å². The van der Waals surface area contributed by atoms with E-state index in [0.29, 0.717) is 5.82 Å². The Balaban J connectivity index is 1.94. The molecular formula is C14H15F3N4O. The number of aromatic amines is 1. The molecule has 1 aliphatic heterocycles. The number of nitrogens with zero attached hydrogens (tertiary/aromatic N) is 2. The first-order valence-corrected chi connectivity index (χ1v) is 6.90. The Morgan fingerprint density at radius 1 is 1.27 bits per heavy atom. The van der Waals surface area contributed by atoms with Crippen LogP contribution in [-0.4, -0.2) is 28.1 Å². The Labute approximate surface area is 124 Å². The van der Waals surface area contributed by atoms with Crippen molar-refractivity contribution in [3.63, 3.8) is 0 Å². The maximum Gasteiger partial charge on any atom is 0.573 e. The van der Waals surface area contributed by atoms with E-state index < -0.39 is 6.36 Å². The zero-order valence-electron chi connectivity index (χ0n) is 11.9. The number of hydrogen-bond acceptors (Lipinski definition) is 4. The number of alkyl halides is 3. The van der Waals surface area contributed by atoms with Crippen LogP contribution in [0.1, 0.15) is 25.6 Å². The van der Waals surface area contributed by atoms with Gasteiger partial charge in [-0.1, -0.05) is 12.1 Å². The number of benzene rings is 1. The summed E-state index contributed by atoms with van der Waals surface area (Å²) in [4.78, 5) is 4.35. The molecule has 1 aromatic heterocycles. The van der Waals surface area contributed by atoms with Gasteiger partial charge in [-0.15, -0.1) is 13.2 Å². The molecular weight excluding hydrogens is 297 g/mol. The van der Waals surface area contributed by atoms with E-state index in [-0.39, 0.29) is 22.7 Å². The third-order valence-electron chi connectivity index (χ3n) is 3.73. The number of para-hydroxylation sites is 1. The molecule has 2 aromatic rings. The molecule has 1 fully saturated rings. The van der Waals surface area contributed by atoms with Crippen molar-refractivity contribution in [2.45, 2.75) is 31.7 Å². The largest absolute Gasteiger partial charge is 0.573 e. The van der Waals surface area contributed by atoms with Gasteiger partial charge in [-0.3, -0.25) is 5.10 Å². The van der Waals surface area contributed by atoms with Crippen LogP contribution in [0, 0.1) is 0 Å². The van der Waals surface area contributed by atoms with Gasteiger partial charge in [0.15, 0.2) is 5.82 Å². The van der Waals surface area contributed by atoms with Crippen molar-refractivity contribution in [3.05, 3.63) is 30.1 Å². The van der Waals surface area contributed by atoms with E-state index in [1.54, 1.807) is 6.07 Å². The summed E-state index contributed by atoms with van der Waals surface area (Å²) in [7, 11) is 0. The number of hydrogen-bond donors (Lipinski definition) is 2. The molecule has 0 radical (unpaired) electrons. The van der Waals surface area contributed by atoms with Gasteiger partial charge in [0.2, 0.25) is 0 Å². The maximum absolute atomic E-state index is 12.5. The molecule has 8 heteroatoms. The first kappa shape index (κ1) is 14.8. The summed E-state index contributed by atoms with van der Waals surface area (Å²) in [5, 5.41) is 10.2. The first-order chi connectivity index (χ1) is 10.4. The van der Waals surface area contributed by atoms with Crippen molar-refractivity contribution in [1.82, 2.24) is 20.5 Å². The van der Waals surface area contributed by atoms with Crippen LogP contribution in [0.25, 0.3) is 11.4 Å². The second-order valence-electron chi connectivity index (χ2n) is 5.41. The molecule has 22 heavy (non-hydrogen) atoms. The second kappa shape index (κ2) is 5.28. The van der Waals surface area contributed by atoms with Crippen LogP contribution in [0.5, 0.6) is 5.75 Å². The Morgan fingerprint density at radius 3 is 2.73 bits per heavy atom. The quantitative estimate of drug-likeness (QED) is 0.914. The van der Waals surface area contributed by atoms with Crippen molar-refractivity contribution in [1.29, 1.82) is 0 Å². The van der Waals surface area contributed by atoms with Crippen molar-refractivity contribution < 1.29 is 17.9 Å². The number of rotatable bonds is 3. The van der Waals surface area contributed by atoms with Crippen LogP contribution in [0.2, 0.25) is 0 Å². The fourth-order valence-electron chi connectivity index (χ4n) is 2.59. The van der Waals surface area contributed by atoms with Crippen molar-refractivity contribution in [3.8, 4) is 17.1 Å². The molecule has 2 N–H and O–H groups in total. The molecule has 1 aliphatic rings. The van der Waals surface area contributed by atoms with Crippen molar-refractivity contribution in [2.75, 3.05) is 6.54 Å². The summed E-state index contributed by atoms with van der Waals surface area (Å²) in [5.41, 5.74) is -0.130. The predicted molar refractivity (Wildman–Crippen MR) is 73.1 cm³/mol. The minimum Gasteiger partial charge on any atom is -0.405 e. The number of nitrogens with one attached hydrogen (secondary N) is 2. The lowest BCUT2D eigenvalue weighted by molar-refractivity contribution is -0.274. The summed E-state index contributed by atoms with van der Waals surface area (Å²) < 4.78 is 41.4. The molecule has 0 spiro atoms. The van der Waals surface area contributed by atoms with Gasteiger partial charge in [0.05, 0.1) is 11.1 Å². The summed E-state index contributed by atoms with van der Waals surface area (Å²) in [6.07, 6.45) is -2.85. The molecule has 0 amide bonds. The highest BCUT2D eigenvalue weighted by molar-refractivity contribution is 5.63. The van der Waals surface area contributed by atoms with E-state index in [1.165, 1.54) is 18.2 Å². The van der Waals surface area contributed by atoms with Gasteiger partial charge in [0, 0.05) is 0 Å². The SMILES string of the molecule is C[C@@]1(c2nc(-c3ccccc3OC(F)(F)F)n[nH]2)CCCN1. The lowest BCUT2D eigenvalue weighted by atomic mass is 10.00. The maximum atomic E-state index is 12.5. The van der Waals surface area contributed by atoms with Crippen LogP contribution in [-0.2, 0) is 5.54 Å². The number of halogens is 3. The summed E-state index contributed by atoms with van der Waals surface area (Å²) in [5.74, 6) is 0.483. The van der Waals surface area contributed by atoms with Crippen molar-refractivity contribution >= 4 is 0 Å². The fraction of sp³-hybridized carbons (Fsp3) is 0.429. The lowest BCUT2D eigenvalue weighted by Crippen LogP contribution is -2.34. The summed E-state index contributed by atoms with van der Waals surface area (Å²) >= 11 is 0. The molecule has 1 atom stereocenters. The average molecular weight is 312 g/mol. The Bertz CT molecular complexity index is 662. The first-order valence-electron chi connectivity index (χ1n) is 6.90. The second-order valence-corrected chi connectivity index (χ2v) is 5.41. The molecule has 0 bridgehead atoms. The minimum absolute atomic E-state index is 0.185. The molecule has 5 nitrogen and oxygen atoms in total. The number of H-pyrrole nitrogens is 1. The summed E-state index contributed by atoms with van der Waals surface area (Å²) in [6.45, 7) is 2.86. The summed E-state index contributed by atoms with van der Waals surface area (Å²) in [6, 6.07) is 5.83. The van der Waals surface area contributed by atoms with E-state index in [0.717, 1.165) is 19.4 Å². The number of aromatic nitrogens is 3. The minimum atomic E-state index is -4.76. The molecule has 0 aliphatic carbocycles. The van der Waals surface area contributed by atoms with Gasteiger partial charge in [-0.2, -0.15) is 5.10 Å². The Morgan fingerprint density at radius 2 is 2.05 bits per heavy atom. The zero-order chi connectivity index (χ0) is 15.8. The molecule has 118 valence electrons. The van der Waals surface area contributed by atoms with Crippen LogP contribution in [0.3, 0.4) is 0 Å². The average Bonchev–Trinajstić information content (AvgIpc) is 3.07. The van der Waals surface area contributed by atoms with E-state index >= 15 is 0 Å². The molecule has 0 saturated carbocycles. The molecule has 1 aromatic carbocycles. The molecule has 1 saturated heterocycles. The third-order valence-corrected chi connectivity index (χ3v) is 3.73. The Hall–Kier alpha value is -2.09. The van der Waals surface area contributed by atoms with E-state index in [2.05, 4.69) is 25.2 Å². The van der Waals surface area contributed by atoms with Gasteiger partial charge < -0.3 is 10.1 Å². The van der Waals surface area contributed by atoms with Crippen LogP contribution < -0.4 is 10.1 Å². The molecule has 2 heterocycles. The monoisotopic (exact) mass is 312 g/mol. The highest BCUT2D eigenvalue weighted by Gasteiger charge is 2.35. The van der Waals surface area contributed by atoms with Crippen LogP contribution in [0.15, 0.2) is 24.3 Å². The van der Waals surface area contributed by atoms with Gasteiger partial charge in [-0.25, -0.2) is 4.98 Å². The third kappa shape index (κ3) is 2.92. The normalized spacial score (nSPS) is 22.0.